The highest BCUT2D eigenvalue weighted by atomic mass is 35.5. The number of urea groups is 1. The summed E-state index contributed by atoms with van der Waals surface area (Å²) in [5.41, 5.74) is 2.31. The molecule has 3 aromatic carbocycles. The summed E-state index contributed by atoms with van der Waals surface area (Å²) in [6.45, 7) is 7.46. The highest BCUT2D eigenvalue weighted by Crippen LogP contribution is 2.32. The first-order valence-electron chi connectivity index (χ1n) is 14.0. The van der Waals surface area contributed by atoms with Crippen molar-refractivity contribution in [3.63, 3.8) is 0 Å². The molecular formula is C33H36ClN3O3S. The molecular weight excluding hydrogens is 554 g/mol. The second kappa shape index (κ2) is 14.0. The molecule has 1 unspecified atom stereocenters. The molecule has 4 aromatic rings. The Bertz CT molecular complexity index is 1390. The molecule has 214 valence electrons. The third-order valence-electron chi connectivity index (χ3n) is 6.89. The standard InChI is InChI=1S/C33H36ClN3O3S/c1-24(2)40-29-13-9-25(10-14-29)20-37(23-30-7-5-19-39-30)33(38)35-28-17-18-36(22-28)21-26-6-3-4-8-32(26)41-31-15-11-27(34)12-16-31/h3-16,19,24,28H,17-18,20-23H2,1-2H3,(H,35,38). The molecule has 8 heteroatoms. The van der Waals surface area contributed by atoms with Crippen LogP contribution in [0.5, 0.6) is 5.75 Å². The summed E-state index contributed by atoms with van der Waals surface area (Å²) in [6.07, 6.45) is 2.67. The van der Waals surface area contributed by atoms with Crippen LogP contribution in [-0.2, 0) is 19.6 Å². The van der Waals surface area contributed by atoms with Gasteiger partial charge in [-0.15, -0.1) is 0 Å². The molecule has 2 amide bonds. The number of carbonyl (C=O) groups is 1. The topological polar surface area (TPSA) is 58.0 Å². The Morgan fingerprint density at radius 2 is 1.83 bits per heavy atom. The van der Waals surface area contributed by atoms with Crippen LogP contribution in [-0.4, -0.2) is 41.1 Å². The number of halogens is 1. The van der Waals surface area contributed by atoms with E-state index in [9.17, 15) is 4.79 Å². The minimum atomic E-state index is -0.0885. The van der Waals surface area contributed by atoms with Crippen molar-refractivity contribution in [1.82, 2.24) is 15.1 Å². The van der Waals surface area contributed by atoms with E-state index < -0.39 is 0 Å². The lowest BCUT2D eigenvalue weighted by Gasteiger charge is -2.25. The van der Waals surface area contributed by atoms with Crippen LogP contribution in [0.4, 0.5) is 4.79 Å². The Hall–Kier alpha value is -3.39. The van der Waals surface area contributed by atoms with Gasteiger partial charge in [0.25, 0.3) is 0 Å². The number of hydrogen-bond acceptors (Lipinski definition) is 5. The van der Waals surface area contributed by atoms with Crippen LogP contribution in [0.3, 0.4) is 0 Å². The van der Waals surface area contributed by atoms with Gasteiger partial charge in [-0.1, -0.05) is 53.7 Å². The number of benzene rings is 3. The second-order valence-electron chi connectivity index (χ2n) is 10.6. The van der Waals surface area contributed by atoms with Gasteiger partial charge in [-0.25, -0.2) is 4.79 Å². The first kappa shape index (κ1) is 29.1. The first-order valence-corrected chi connectivity index (χ1v) is 15.2. The Morgan fingerprint density at radius 3 is 2.56 bits per heavy atom. The zero-order valence-electron chi connectivity index (χ0n) is 23.5. The zero-order valence-corrected chi connectivity index (χ0v) is 25.0. The van der Waals surface area contributed by atoms with Gasteiger partial charge in [0.1, 0.15) is 11.5 Å². The first-order chi connectivity index (χ1) is 19.9. The van der Waals surface area contributed by atoms with E-state index in [-0.39, 0.29) is 18.2 Å². The van der Waals surface area contributed by atoms with E-state index in [0.29, 0.717) is 13.1 Å². The van der Waals surface area contributed by atoms with E-state index in [2.05, 4.69) is 34.5 Å². The molecule has 0 radical (unpaired) electrons. The van der Waals surface area contributed by atoms with Crippen molar-refractivity contribution in [1.29, 1.82) is 0 Å². The molecule has 6 nitrogen and oxygen atoms in total. The van der Waals surface area contributed by atoms with Gasteiger partial charge in [-0.05, 0) is 86.0 Å². The van der Waals surface area contributed by atoms with Crippen LogP contribution in [0.2, 0.25) is 5.02 Å². The molecule has 0 aliphatic carbocycles. The molecule has 0 saturated carbocycles. The molecule has 0 spiro atoms. The quantitative estimate of drug-likeness (QED) is 0.193. The van der Waals surface area contributed by atoms with E-state index in [1.807, 2.05) is 74.5 Å². The Balaban J connectivity index is 1.19. The lowest BCUT2D eigenvalue weighted by molar-refractivity contribution is 0.183. The van der Waals surface area contributed by atoms with Crippen LogP contribution in [0, 0.1) is 0 Å². The average Bonchev–Trinajstić information content (AvgIpc) is 3.63. The van der Waals surface area contributed by atoms with E-state index in [4.69, 9.17) is 20.8 Å². The number of carbonyl (C=O) groups excluding carboxylic acids is 1. The van der Waals surface area contributed by atoms with Gasteiger partial charge in [-0.3, -0.25) is 4.90 Å². The summed E-state index contributed by atoms with van der Waals surface area (Å²) >= 11 is 7.82. The van der Waals surface area contributed by atoms with Crippen molar-refractivity contribution in [2.24, 2.45) is 0 Å². The van der Waals surface area contributed by atoms with Crippen LogP contribution in [0.25, 0.3) is 0 Å². The lowest BCUT2D eigenvalue weighted by Crippen LogP contribution is -2.45. The fourth-order valence-electron chi connectivity index (χ4n) is 4.92. The highest BCUT2D eigenvalue weighted by Gasteiger charge is 2.27. The number of likely N-dealkylation sites (tertiary alicyclic amines) is 1. The molecule has 41 heavy (non-hydrogen) atoms. The zero-order chi connectivity index (χ0) is 28.6. The third-order valence-corrected chi connectivity index (χ3v) is 8.27. The van der Waals surface area contributed by atoms with Crippen LogP contribution in [0.15, 0.2) is 105 Å². The van der Waals surface area contributed by atoms with Crippen molar-refractivity contribution < 1.29 is 13.9 Å². The minimum absolute atomic E-state index is 0.0829. The summed E-state index contributed by atoms with van der Waals surface area (Å²) in [5, 5.41) is 4.03. The number of nitrogens with one attached hydrogen (secondary N) is 1. The number of hydrogen-bond donors (Lipinski definition) is 1. The molecule has 1 aliphatic rings. The molecule has 1 N–H and O–H groups in total. The van der Waals surface area contributed by atoms with Crippen LogP contribution < -0.4 is 10.1 Å². The van der Waals surface area contributed by atoms with E-state index in [1.54, 1.807) is 22.9 Å². The number of nitrogens with zero attached hydrogens (tertiary/aromatic N) is 2. The molecule has 0 bridgehead atoms. The summed E-state index contributed by atoms with van der Waals surface area (Å²) in [6, 6.07) is 28.1. The molecule has 1 aromatic heterocycles. The predicted molar refractivity (Wildman–Crippen MR) is 164 cm³/mol. The lowest BCUT2D eigenvalue weighted by atomic mass is 10.2. The molecule has 5 rings (SSSR count). The summed E-state index contributed by atoms with van der Waals surface area (Å²) in [7, 11) is 0. The van der Waals surface area contributed by atoms with Crippen molar-refractivity contribution >= 4 is 29.4 Å². The maximum Gasteiger partial charge on any atom is 0.318 e. The number of amides is 2. The number of furan rings is 1. The molecule has 1 saturated heterocycles. The van der Waals surface area contributed by atoms with Gasteiger partial charge in [0.2, 0.25) is 0 Å². The molecule has 2 heterocycles. The van der Waals surface area contributed by atoms with Gasteiger partial charge in [-0.2, -0.15) is 0 Å². The van der Waals surface area contributed by atoms with Gasteiger partial charge in [0, 0.05) is 47.0 Å². The van der Waals surface area contributed by atoms with Crippen LogP contribution >= 0.6 is 23.4 Å². The van der Waals surface area contributed by atoms with E-state index in [1.165, 1.54) is 10.5 Å². The summed E-state index contributed by atoms with van der Waals surface area (Å²) in [4.78, 5) is 20.1. The summed E-state index contributed by atoms with van der Waals surface area (Å²) < 4.78 is 11.3. The maximum absolute atomic E-state index is 13.5. The van der Waals surface area contributed by atoms with Crippen LogP contribution in [0.1, 0.15) is 37.2 Å². The van der Waals surface area contributed by atoms with Crippen molar-refractivity contribution in [3.8, 4) is 5.75 Å². The average molecular weight is 590 g/mol. The van der Waals surface area contributed by atoms with Gasteiger partial charge in [0.15, 0.2) is 0 Å². The maximum atomic E-state index is 13.5. The fraction of sp³-hybridized carbons (Fsp3) is 0.303. The Kier molecular flexibility index (Phi) is 9.93. The number of rotatable bonds is 11. The second-order valence-corrected chi connectivity index (χ2v) is 12.1. The smallest absolute Gasteiger partial charge is 0.318 e. The van der Waals surface area contributed by atoms with Crippen molar-refractivity contribution in [2.45, 2.75) is 61.8 Å². The normalized spacial score (nSPS) is 15.3. The van der Waals surface area contributed by atoms with E-state index >= 15 is 0 Å². The molecule has 1 aliphatic heterocycles. The Morgan fingerprint density at radius 1 is 1.05 bits per heavy atom. The fourth-order valence-corrected chi connectivity index (χ4v) is 5.98. The predicted octanol–water partition coefficient (Wildman–Crippen LogP) is 7.86. The molecule has 1 atom stereocenters. The third kappa shape index (κ3) is 8.55. The van der Waals surface area contributed by atoms with Gasteiger partial charge >= 0.3 is 6.03 Å². The summed E-state index contributed by atoms with van der Waals surface area (Å²) in [5.74, 6) is 1.58. The van der Waals surface area contributed by atoms with Gasteiger partial charge < -0.3 is 19.4 Å². The SMILES string of the molecule is CC(C)Oc1ccc(CN(Cc2ccco2)C(=O)NC2CCN(Cc3ccccc3Sc3ccc(Cl)cc3)C2)cc1. The minimum Gasteiger partial charge on any atom is -0.491 e. The number of ether oxygens (including phenoxy) is 1. The monoisotopic (exact) mass is 589 g/mol. The van der Waals surface area contributed by atoms with E-state index in [0.717, 1.165) is 53.0 Å². The van der Waals surface area contributed by atoms with Crippen molar-refractivity contribution in [3.05, 3.63) is 113 Å². The van der Waals surface area contributed by atoms with Gasteiger partial charge in [0.05, 0.1) is 18.9 Å². The van der Waals surface area contributed by atoms with Crippen molar-refractivity contribution in [2.75, 3.05) is 13.1 Å². The largest absolute Gasteiger partial charge is 0.491 e. The molecule has 1 fully saturated rings. The Labute approximate surface area is 251 Å². The highest BCUT2D eigenvalue weighted by molar-refractivity contribution is 7.99.